The summed E-state index contributed by atoms with van der Waals surface area (Å²) in [6.45, 7) is 2.17. The molecule has 1 amide bonds. The van der Waals surface area contributed by atoms with Gasteiger partial charge in [0.1, 0.15) is 11.6 Å². The molecule has 2 rings (SSSR count). The number of hydrogen-bond acceptors (Lipinski definition) is 4. The third-order valence-corrected chi connectivity index (χ3v) is 2.61. The fourth-order valence-electron chi connectivity index (χ4n) is 1.68. The van der Waals surface area contributed by atoms with Crippen LogP contribution in [0.4, 0.5) is 11.5 Å². The van der Waals surface area contributed by atoms with Gasteiger partial charge in [0, 0.05) is 17.4 Å². The monoisotopic (exact) mass is 271 g/mol. The summed E-state index contributed by atoms with van der Waals surface area (Å²) in [5, 5.41) is 2.73. The molecule has 2 aromatic rings. The minimum Gasteiger partial charge on any atom is -0.493 e. The van der Waals surface area contributed by atoms with Gasteiger partial charge in [0.25, 0.3) is 0 Å². The number of anilines is 2. The maximum absolute atomic E-state index is 11.7. The average molecular weight is 271 g/mol. The van der Waals surface area contributed by atoms with Gasteiger partial charge in [0.2, 0.25) is 5.91 Å². The highest BCUT2D eigenvalue weighted by molar-refractivity contribution is 5.89. The molecule has 0 aliphatic carbocycles. The Morgan fingerprint density at radius 2 is 2.10 bits per heavy atom. The van der Waals surface area contributed by atoms with Gasteiger partial charge in [-0.05, 0) is 31.2 Å². The summed E-state index contributed by atoms with van der Waals surface area (Å²) in [5.74, 6) is 1.08. The molecule has 0 saturated carbocycles. The molecule has 1 aromatic carbocycles. The summed E-state index contributed by atoms with van der Waals surface area (Å²) >= 11 is 0. The topological polar surface area (TPSA) is 77.2 Å². The molecule has 104 valence electrons. The lowest BCUT2D eigenvalue weighted by Crippen LogP contribution is -2.16. The first-order valence-electron chi connectivity index (χ1n) is 6.35. The van der Waals surface area contributed by atoms with Crippen molar-refractivity contribution in [3.8, 4) is 5.75 Å². The highest BCUT2D eigenvalue weighted by Crippen LogP contribution is 2.14. The van der Waals surface area contributed by atoms with Crippen molar-refractivity contribution in [3.63, 3.8) is 0 Å². The number of nitrogens with two attached hydrogens (primary N) is 1. The first-order valence-corrected chi connectivity index (χ1v) is 6.35. The van der Waals surface area contributed by atoms with Crippen LogP contribution >= 0.6 is 0 Å². The Morgan fingerprint density at radius 3 is 2.85 bits per heavy atom. The largest absolute Gasteiger partial charge is 0.493 e. The fourth-order valence-corrected chi connectivity index (χ4v) is 1.68. The molecule has 0 bridgehead atoms. The van der Waals surface area contributed by atoms with Gasteiger partial charge in [0.05, 0.1) is 13.0 Å². The molecule has 1 aromatic heterocycles. The molecule has 5 nitrogen and oxygen atoms in total. The summed E-state index contributed by atoms with van der Waals surface area (Å²) in [5.41, 5.74) is 7.13. The number of carbonyl (C=O) groups excluding carboxylic acids is 1. The lowest BCUT2D eigenvalue weighted by molar-refractivity contribution is -0.116. The standard InChI is InChI=1S/C15H17N3O2/c1-11-4-2-7-14(17-11)18-15(19)8-9-20-13-6-3-5-12(16)10-13/h2-7,10H,8-9,16H2,1H3,(H,17,18,19). The predicted octanol–water partition coefficient (Wildman–Crippen LogP) is 2.38. The van der Waals surface area contributed by atoms with Crippen molar-refractivity contribution >= 4 is 17.4 Å². The lowest BCUT2D eigenvalue weighted by atomic mass is 10.3. The number of rotatable bonds is 5. The van der Waals surface area contributed by atoms with Crippen LogP contribution < -0.4 is 15.8 Å². The third-order valence-electron chi connectivity index (χ3n) is 2.61. The Kier molecular flexibility index (Phi) is 4.55. The zero-order chi connectivity index (χ0) is 14.4. The first kappa shape index (κ1) is 13.9. The second kappa shape index (κ2) is 6.56. The number of aromatic nitrogens is 1. The zero-order valence-electron chi connectivity index (χ0n) is 11.3. The lowest BCUT2D eigenvalue weighted by Gasteiger charge is -2.07. The number of amides is 1. The van der Waals surface area contributed by atoms with Crippen LogP contribution in [0.2, 0.25) is 0 Å². The van der Waals surface area contributed by atoms with E-state index in [0.717, 1.165) is 5.69 Å². The van der Waals surface area contributed by atoms with E-state index in [9.17, 15) is 4.79 Å². The van der Waals surface area contributed by atoms with E-state index in [2.05, 4.69) is 10.3 Å². The van der Waals surface area contributed by atoms with Gasteiger partial charge in [0.15, 0.2) is 0 Å². The van der Waals surface area contributed by atoms with Gasteiger partial charge < -0.3 is 15.8 Å². The van der Waals surface area contributed by atoms with Crippen molar-refractivity contribution in [1.29, 1.82) is 0 Å². The molecule has 20 heavy (non-hydrogen) atoms. The van der Waals surface area contributed by atoms with E-state index >= 15 is 0 Å². The molecule has 0 spiro atoms. The normalized spacial score (nSPS) is 10.1. The average Bonchev–Trinajstić information content (AvgIpc) is 2.38. The molecular formula is C15H17N3O2. The minimum absolute atomic E-state index is 0.132. The summed E-state index contributed by atoms with van der Waals surface area (Å²) in [7, 11) is 0. The zero-order valence-corrected chi connectivity index (χ0v) is 11.3. The maximum atomic E-state index is 11.7. The second-order valence-corrected chi connectivity index (χ2v) is 4.38. The highest BCUT2D eigenvalue weighted by atomic mass is 16.5. The number of benzene rings is 1. The SMILES string of the molecule is Cc1cccc(NC(=O)CCOc2cccc(N)c2)n1. The Balaban J connectivity index is 1.78. The summed E-state index contributed by atoms with van der Waals surface area (Å²) in [6, 6.07) is 12.6. The van der Waals surface area contributed by atoms with Crippen LogP contribution in [0.5, 0.6) is 5.75 Å². The Hall–Kier alpha value is -2.56. The number of carbonyl (C=O) groups is 1. The van der Waals surface area contributed by atoms with Gasteiger partial charge >= 0.3 is 0 Å². The number of aryl methyl sites for hydroxylation is 1. The second-order valence-electron chi connectivity index (χ2n) is 4.38. The number of nitrogens with one attached hydrogen (secondary N) is 1. The van der Waals surface area contributed by atoms with E-state index in [4.69, 9.17) is 10.5 Å². The summed E-state index contributed by atoms with van der Waals surface area (Å²) in [4.78, 5) is 15.9. The molecule has 3 N–H and O–H groups in total. The van der Waals surface area contributed by atoms with E-state index in [1.165, 1.54) is 0 Å². The first-order chi connectivity index (χ1) is 9.63. The molecule has 0 aliphatic rings. The van der Waals surface area contributed by atoms with E-state index in [0.29, 0.717) is 23.9 Å². The quantitative estimate of drug-likeness (QED) is 0.818. The highest BCUT2D eigenvalue weighted by Gasteiger charge is 2.04. The molecule has 0 unspecified atom stereocenters. The van der Waals surface area contributed by atoms with Gasteiger partial charge in [-0.2, -0.15) is 0 Å². The van der Waals surface area contributed by atoms with Crippen molar-refractivity contribution in [2.45, 2.75) is 13.3 Å². The Labute approximate surface area is 117 Å². The van der Waals surface area contributed by atoms with Crippen LogP contribution in [-0.4, -0.2) is 17.5 Å². The molecule has 0 fully saturated rings. The summed E-state index contributed by atoms with van der Waals surface area (Å²) in [6.07, 6.45) is 0.254. The van der Waals surface area contributed by atoms with Crippen LogP contribution in [0.25, 0.3) is 0 Å². The number of nitrogens with zero attached hydrogens (tertiary/aromatic N) is 1. The van der Waals surface area contributed by atoms with Crippen molar-refractivity contribution in [2.24, 2.45) is 0 Å². The van der Waals surface area contributed by atoms with Crippen LogP contribution in [-0.2, 0) is 4.79 Å². The van der Waals surface area contributed by atoms with Crippen molar-refractivity contribution in [3.05, 3.63) is 48.2 Å². The van der Waals surface area contributed by atoms with Crippen molar-refractivity contribution in [1.82, 2.24) is 4.98 Å². The molecule has 0 radical (unpaired) electrons. The van der Waals surface area contributed by atoms with E-state index in [1.54, 1.807) is 30.3 Å². The van der Waals surface area contributed by atoms with Gasteiger partial charge in [-0.1, -0.05) is 12.1 Å². The Morgan fingerprint density at radius 1 is 1.30 bits per heavy atom. The number of nitrogen functional groups attached to an aromatic ring is 1. The van der Waals surface area contributed by atoms with Crippen molar-refractivity contribution < 1.29 is 9.53 Å². The van der Waals surface area contributed by atoms with Crippen LogP contribution in [0.3, 0.4) is 0 Å². The smallest absolute Gasteiger partial charge is 0.228 e. The van der Waals surface area contributed by atoms with E-state index in [1.807, 2.05) is 19.1 Å². The molecular weight excluding hydrogens is 254 g/mol. The van der Waals surface area contributed by atoms with E-state index < -0.39 is 0 Å². The fraction of sp³-hybridized carbons (Fsp3) is 0.200. The van der Waals surface area contributed by atoms with Gasteiger partial charge in [-0.15, -0.1) is 0 Å². The predicted molar refractivity (Wildman–Crippen MR) is 78.6 cm³/mol. The third kappa shape index (κ3) is 4.28. The van der Waals surface area contributed by atoms with Gasteiger partial charge in [-0.25, -0.2) is 4.98 Å². The number of pyridine rings is 1. The van der Waals surface area contributed by atoms with Crippen molar-refractivity contribution in [2.75, 3.05) is 17.7 Å². The molecule has 5 heteroatoms. The van der Waals surface area contributed by atoms with E-state index in [-0.39, 0.29) is 12.3 Å². The molecule has 0 saturated heterocycles. The number of hydrogen-bond donors (Lipinski definition) is 2. The molecule has 0 aliphatic heterocycles. The molecule has 1 heterocycles. The maximum Gasteiger partial charge on any atom is 0.228 e. The minimum atomic E-state index is -0.132. The molecule has 0 atom stereocenters. The van der Waals surface area contributed by atoms with Crippen LogP contribution in [0.1, 0.15) is 12.1 Å². The number of ether oxygens (including phenoxy) is 1. The van der Waals surface area contributed by atoms with Crippen LogP contribution in [0, 0.1) is 6.92 Å². The Bertz CT molecular complexity index is 599. The summed E-state index contributed by atoms with van der Waals surface area (Å²) < 4.78 is 5.46. The van der Waals surface area contributed by atoms with Crippen LogP contribution in [0.15, 0.2) is 42.5 Å². The van der Waals surface area contributed by atoms with Gasteiger partial charge in [-0.3, -0.25) is 4.79 Å².